The van der Waals surface area contributed by atoms with Crippen molar-refractivity contribution in [3.05, 3.63) is 59.7 Å². The molecule has 2 rings (SSSR count). The molecule has 0 heterocycles. The molecule has 1 amide bonds. The molecule has 24 heavy (non-hydrogen) atoms. The molecule has 122 valence electrons. The first-order chi connectivity index (χ1) is 11.5. The number of carbonyl (C=O) groups is 2. The number of hydrogen-bond donors (Lipinski definition) is 1. The van der Waals surface area contributed by atoms with Crippen molar-refractivity contribution in [3.63, 3.8) is 0 Å². The molecule has 2 aromatic rings. The van der Waals surface area contributed by atoms with Crippen LogP contribution < -0.4 is 5.32 Å². The van der Waals surface area contributed by atoms with Gasteiger partial charge in [-0.3, -0.25) is 4.79 Å². The number of rotatable bonds is 5. The standard InChI is InChI=1S/C18H16N2O3S/c1-12(17(21)20-15-5-3-4-13(10-15)11-19)23-18(22)14-6-8-16(24-2)9-7-14/h3-10,12H,1-2H3,(H,20,21)/t12-/m0/s1. The van der Waals surface area contributed by atoms with E-state index < -0.39 is 18.0 Å². The Labute approximate surface area is 144 Å². The van der Waals surface area contributed by atoms with E-state index in [4.69, 9.17) is 10.00 Å². The number of nitriles is 1. The molecule has 0 fully saturated rings. The van der Waals surface area contributed by atoms with Gasteiger partial charge in [0.1, 0.15) is 0 Å². The molecule has 0 aliphatic heterocycles. The van der Waals surface area contributed by atoms with Gasteiger partial charge in [-0.1, -0.05) is 6.07 Å². The maximum atomic E-state index is 12.1. The van der Waals surface area contributed by atoms with Gasteiger partial charge in [-0.2, -0.15) is 5.26 Å². The van der Waals surface area contributed by atoms with E-state index in [1.807, 2.05) is 24.5 Å². The number of nitrogens with one attached hydrogen (secondary N) is 1. The van der Waals surface area contributed by atoms with Crippen LogP contribution in [0.4, 0.5) is 5.69 Å². The highest BCUT2D eigenvalue weighted by Gasteiger charge is 2.19. The lowest BCUT2D eigenvalue weighted by molar-refractivity contribution is -0.123. The Morgan fingerprint density at radius 2 is 1.92 bits per heavy atom. The van der Waals surface area contributed by atoms with E-state index in [0.29, 0.717) is 16.8 Å². The van der Waals surface area contributed by atoms with Crippen LogP contribution in [0.15, 0.2) is 53.4 Å². The van der Waals surface area contributed by atoms with Crippen LogP contribution in [0.3, 0.4) is 0 Å². The van der Waals surface area contributed by atoms with Gasteiger partial charge in [0.05, 0.1) is 17.2 Å². The molecule has 2 aromatic carbocycles. The minimum absolute atomic E-state index is 0.388. The molecule has 0 aliphatic rings. The quantitative estimate of drug-likeness (QED) is 0.666. The summed E-state index contributed by atoms with van der Waals surface area (Å²) in [4.78, 5) is 25.2. The van der Waals surface area contributed by atoms with Crippen molar-refractivity contribution in [1.82, 2.24) is 0 Å². The van der Waals surface area contributed by atoms with Crippen LogP contribution >= 0.6 is 11.8 Å². The van der Waals surface area contributed by atoms with E-state index >= 15 is 0 Å². The van der Waals surface area contributed by atoms with Crippen LogP contribution in [0.5, 0.6) is 0 Å². The maximum Gasteiger partial charge on any atom is 0.338 e. The number of ether oxygens (including phenoxy) is 1. The van der Waals surface area contributed by atoms with Gasteiger partial charge in [0.15, 0.2) is 6.10 Å². The molecule has 1 N–H and O–H groups in total. The second-order valence-electron chi connectivity index (χ2n) is 4.96. The molecule has 6 heteroatoms. The zero-order chi connectivity index (χ0) is 17.5. The number of carbonyl (C=O) groups excluding carboxylic acids is 2. The average Bonchev–Trinajstić information content (AvgIpc) is 2.61. The van der Waals surface area contributed by atoms with Crippen LogP contribution in [0.1, 0.15) is 22.8 Å². The van der Waals surface area contributed by atoms with Crippen molar-refractivity contribution in [3.8, 4) is 6.07 Å². The summed E-state index contributed by atoms with van der Waals surface area (Å²) in [6.07, 6.45) is 0.990. The third kappa shape index (κ3) is 4.61. The Kier molecular flexibility index (Phi) is 5.99. The lowest BCUT2D eigenvalue weighted by atomic mass is 10.2. The Hall–Kier alpha value is -2.78. The highest BCUT2D eigenvalue weighted by Crippen LogP contribution is 2.16. The number of nitrogens with zero attached hydrogens (tertiary/aromatic N) is 1. The summed E-state index contributed by atoms with van der Waals surface area (Å²) in [5.41, 5.74) is 1.30. The first-order valence-corrected chi connectivity index (χ1v) is 8.42. The van der Waals surface area contributed by atoms with Gasteiger partial charge in [0.25, 0.3) is 5.91 Å². The lowest BCUT2D eigenvalue weighted by Gasteiger charge is -2.13. The number of amides is 1. The van der Waals surface area contributed by atoms with E-state index in [1.54, 1.807) is 48.2 Å². The maximum absolute atomic E-state index is 12.1. The molecule has 5 nitrogen and oxygen atoms in total. The summed E-state index contributed by atoms with van der Waals surface area (Å²) >= 11 is 1.57. The fourth-order valence-corrected chi connectivity index (χ4v) is 2.33. The molecule has 0 saturated carbocycles. The highest BCUT2D eigenvalue weighted by atomic mass is 32.2. The molecule has 0 aromatic heterocycles. The molecule has 0 radical (unpaired) electrons. The summed E-state index contributed by atoms with van der Waals surface area (Å²) in [5.74, 6) is -1.02. The molecular weight excluding hydrogens is 324 g/mol. The minimum atomic E-state index is -0.955. The Balaban J connectivity index is 1.97. The number of thioether (sulfide) groups is 1. The molecule has 0 aliphatic carbocycles. The van der Waals surface area contributed by atoms with E-state index in [0.717, 1.165) is 4.90 Å². The minimum Gasteiger partial charge on any atom is -0.449 e. The first kappa shape index (κ1) is 17.6. The first-order valence-electron chi connectivity index (χ1n) is 7.19. The average molecular weight is 340 g/mol. The fraction of sp³-hybridized carbons (Fsp3) is 0.167. The van der Waals surface area contributed by atoms with Crippen molar-refractivity contribution < 1.29 is 14.3 Å². The predicted molar refractivity (Wildman–Crippen MR) is 92.9 cm³/mol. The smallest absolute Gasteiger partial charge is 0.338 e. The van der Waals surface area contributed by atoms with Crippen LogP contribution in [0.2, 0.25) is 0 Å². The largest absolute Gasteiger partial charge is 0.449 e. The Bertz CT molecular complexity index is 782. The lowest BCUT2D eigenvalue weighted by Crippen LogP contribution is -2.30. The number of hydrogen-bond acceptors (Lipinski definition) is 5. The van der Waals surface area contributed by atoms with Gasteiger partial charge in [0.2, 0.25) is 0 Å². The number of benzene rings is 2. The van der Waals surface area contributed by atoms with Crippen molar-refractivity contribution in [1.29, 1.82) is 5.26 Å². The van der Waals surface area contributed by atoms with Gasteiger partial charge in [-0.05, 0) is 55.6 Å². The second-order valence-corrected chi connectivity index (χ2v) is 5.84. The van der Waals surface area contributed by atoms with Crippen molar-refractivity contribution >= 4 is 29.3 Å². The monoisotopic (exact) mass is 340 g/mol. The highest BCUT2D eigenvalue weighted by molar-refractivity contribution is 7.98. The fourth-order valence-electron chi connectivity index (χ4n) is 1.92. The molecule has 0 saturated heterocycles. The third-order valence-corrected chi connectivity index (χ3v) is 3.98. The normalized spacial score (nSPS) is 11.2. The summed E-state index contributed by atoms with van der Waals surface area (Å²) < 4.78 is 5.18. The molecule has 0 unspecified atom stereocenters. The van der Waals surface area contributed by atoms with Gasteiger partial charge in [0, 0.05) is 10.6 Å². The predicted octanol–water partition coefficient (Wildman–Crippen LogP) is 3.46. The van der Waals surface area contributed by atoms with Crippen molar-refractivity contribution in [2.45, 2.75) is 17.9 Å². The summed E-state index contributed by atoms with van der Waals surface area (Å²) in [7, 11) is 0. The number of esters is 1. The van der Waals surface area contributed by atoms with Gasteiger partial charge in [-0.15, -0.1) is 11.8 Å². The summed E-state index contributed by atoms with van der Waals surface area (Å²) in [6.45, 7) is 1.50. The molecule has 0 bridgehead atoms. The summed E-state index contributed by atoms with van der Waals surface area (Å²) in [6, 6.07) is 15.5. The Morgan fingerprint density at radius 3 is 2.54 bits per heavy atom. The number of anilines is 1. The van der Waals surface area contributed by atoms with Crippen LogP contribution in [-0.2, 0) is 9.53 Å². The van der Waals surface area contributed by atoms with Crippen LogP contribution in [0.25, 0.3) is 0 Å². The third-order valence-electron chi connectivity index (χ3n) is 3.24. The van der Waals surface area contributed by atoms with Gasteiger partial charge in [-0.25, -0.2) is 4.79 Å². The van der Waals surface area contributed by atoms with E-state index in [9.17, 15) is 9.59 Å². The summed E-state index contributed by atoms with van der Waals surface area (Å²) in [5, 5.41) is 11.5. The van der Waals surface area contributed by atoms with Gasteiger partial charge >= 0.3 is 5.97 Å². The van der Waals surface area contributed by atoms with E-state index in [-0.39, 0.29) is 0 Å². The van der Waals surface area contributed by atoms with Gasteiger partial charge < -0.3 is 10.1 Å². The second kappa shape index (κ2) is 8.18. The van der Waals surface area contributed by atoms with Crippen LogP contribution in [0, 0.1) is 11.3 Å². The van der Waals surface area contributed by atoms with Crippen molar-refractivity contribution in [2.24, 2.45) is 0 Å². The van der Waals surface area contributed by atoms with Crippen molar-refractivity contribution in [2.75, 3.05) is 11.6 Å². The Morgan fingerprint density at radius 1 is 1.21 bits per heavy atom. The zero-order valence-electron chi connectivity index (χ0n) is 13.3. The van der Waals surface area contributed by atoms with Crippen LogP contribution in [-0.4, -0.2) is 24.2 Å². The zero-order valence-corrected chi connectivity index (χ0v) is 14.1. The molecular formula is C18H16N2O3S. The SMILES string of the molecule is CSc1ccc(C(=O)O[C@@H](C)C(=O)Nc2cccc(C#N)c2)cc1. The topological polar surface area (TPSA) is 79.2 Å². The molecule has 0 spiro atoms. The van der Waals surface area contributed by atoms with E-state index in [1.165, 1.54) is 6.92 Å². The molecule has 1 atom stereocenters. The van der Waals surface area contributed by atoms with E-state index in [2.05, 4.69) is 5.32 Å².